The zero-order valence-corrected chi connectivity index (χ0v) is 14.1. The molecule has 1 aliphatic rings. The van der Waals surface area contributed by atoms with Gasteiger partial charge in [-0.05, 0) is 23.8 Å². The molecule has 0 radical (unpaired) electrons. The highest BCUT2D eigenvalue weighted by molar-refractivity contribution is 6.05. The van der Waals surface area contributed by atoms with Crippen LogP contribution in [0.3, 0.4) is 0 Å². The Labute approximate surface area is 137 Å². The molecular weight excluding hydrogens is 292 g/mol. The number of carbonyl (C=O) groups excluding carboxylic acids is 2. The van der Waals surface area contributed by atoms with Crippen LogP contribution >= 0.6 is 0 Å². The van der Waals surface area contributed by atoms with Gasteiger partial charge in [-0.2, -0.15) is 0 Å². The van der Waals surface area contributed by atoms with Gasteiger partial charge in [-0.1, -0.05) is 56.3 Å². The van der Waals surface area contributed by atoms with Crippen molar-refractivity contribution in [3.8, 4) is 0 Å². The molecule has 1 saturated carbocycles. The molecule has 1 fully saturated rings. The summed E-state index contributed by atoms with van der Waals surface area (Å²) in [5.41, 5.74) is -0.162. The molecule has 4 nitrogen and oxygen atoms in total. The van der Waals surface area contributed by atoms with Crippen LogP contribution in [0.1, 0.15) is 25.8 Å². The summed E-state index contributed by atoms with van der Waals surface area (Å²) in [6.07, 6.45) is 4.66. The van der Waals surface area contributed by atoms with Gasteiger partial charge in [0.15, 0.2) is 5.41 Å². The SMILES string of the molecule is COC(=O)C1(C(=O)OC)C(/C=C/c2ccccc2)C1CC(C)C. The quantitative estimate of drug-likeness (QED) is 0.597. The average molecular weight is 316 g/mol. The lowest BCUT2D eigenvalue weighted by atomic mass is 9.97. The Morgan fingerprint density at radius 1 is 1.13 bits per heavy atom. The van der Waals surface area contributed by atoms with Crippen molar-refractivity contribution in [3.63, 3.8) is 0 Å². The van der Waals surface area contributed by atoms with Gasteiger partial charge in [0.1, 0.15) is 0 Å². The van der Waals surface area contributed by atoms with Gasteiger partial charge in [0.25, 0.3) is 0 Å². The minimum absolute atomic E-state index is 0.0811. The molecule has 1 aromatic rings. The zero-order chi connectivity index (χ0) is 17.0. The highest BCUT2D eigenvalue weighted by Gasteiger charge is 2.74. The molecule has 0 heterocycles. The maximum Gasteiger partial charge on any atom is 0.324 e. The minimum Gasteiger partial charge on any atom is -0.468 e. The molecule has 0 N–H and O–H groups in total. The fraction of sp³-hybridized carbons (Fsp3) is 0.474. The first-order chi connectivity index (χ1) is 11.0. The molecule has 1 aromatic carbocycles. The maximum absolute atomic E-state index is 12.4. The summed E-state index contributed by atoms with van der Waals surface area (Å²) in [7, 11) is 2.63. The molecule has 0 aliphatic heterocycles. The Hall–Kier alpha value is -2.10. The number of carbonyl (C=O) groups is 2. The van der Waals surface area contributed by atoms with E-state index in [1.54, 1.807) is 0 Å². The lowest BCUT2D eigenvalue weighted by molar-refractivity contribution is -0.162. The third-order valence-electron chi connectivity index (χ3n) is 4.50. The molecule has 2 rings (SSSR count). The van der Waals surface area contributed by atoms with Crippen molar-refractivity contribution in [1.82, 2.24) is 0 Å². The number of ether oxygens (including phenoxy) is 2. The molecule has 2 atom stereocenters. The second kappa shape index (κ2) is 6.99. The van der Waals surface area contributed by atoms with Crippen LogP contribution in [0.15, 0.2) is 36.4 Å². The summed E-state index contributed by atoms with van der Waals surface area (Å²) in [4.78, 5) is 24.7. The lowest BCUT2D eigenvalue weighted by Crippen LogP contribution is -2.32. The molecule has 0 spiro atoms. The number of benzene rings is 1. The first-order valence-corrected chi connectivity index (χ1v) is 7.88. The van der Waals surface area contributed by atoms with Crippen LogP contribution in [0.4, 0.5) is 0 Å². The van der Waals surface area contributed by atoms with Gasteiger partial charge in [0.05, 0.1) is 14.2 Å². The summed E-state index contributed by atoms with van der Waals surface area (Å²) < 4.78 is 9.84. The van der Waals surface area contributed by atoms with Crippen molar-refractivity contribution < 1.29 is 19.1 Å². The fourth-order valence-electron chi connectivity index (χ4n) is 3.39. The highest BCUT2D eigenvalue weighted by Crippen LogP contribution is 2.63. The van der Waals surface area contributed by atoms with Crippen LogP contribution in [0.5, 0.6) is 0 Å². The van der Waals surface area contributed by atoms with Crippen LogP contribution in [0.25, 0.3) is 6.08 Å². The molecule has 0 aromatic heterocycles. The van der Waals surface area contributed by atoms with Crippen LogP contribution < -0.4 is 0 Å². The van der Waals surface area contributed by atoms with Gasteiger partial charge in [0.2, 0.25) is 0 Å². The average Bonchev–Trinajstić information content (AvgIpc) is 3.19. The third kappa shape index (κ3) is 3.16. The van der Waals surface area contributed by atoms with E-state index in [1.165, 1.54) is 14.2 Å². The van der Waals surface area contributed by atoms with Crippen LogP contribution in [0, 0.1) is 23.2 Å². The van der Waals surface area contributed by atoms with E-state index in [1.807, 2.05) is 42.5 Å². The van der Waals surface area contributed by atoms with E-state index in [9.17, 15) is 9.59 Å². The summed E-state index contributed by atoms with van der Waals surface area (Å²) in [6, 6.07) is 9.81. The Morgan fingerprint density at radius 3 is 2.17 bits per heavy atom. The first kappa shape index (κ1) is 17.3. The minimum atomic E-state index is -1.20. The van der Waals surface area contributed by atoms with Crippen molar-refractivity contribution in [1.29, 1.82) is 0 Å². The Morgan fingerprint density at radius 2 is 1.70 bits per heavy atom. The van der Waals surface area contributed by atoms with E-state index >= 15 is 0 Å². The van der Waals surface area contributed by atoms with Gasteiger partial charge < -0.3 is 9.47 Å². The molecule has 0 amide bonds. The standard InChI is InChI=1S/C19H24O4/c1-13(2)12-16-15(11-10-14-8-6-5-7-9-14)19(16,17(20)22-3)18(21)23-4/h5-11,13,15-16H,12H2,1-4H3/b11-10+. The summed E-state index contributed by atoms with van der Waals surface area (Å²) in [5.74, 6) is -0.897. The topological polar surface area (TPSA) is 52.6 Å². The lowest BCUT2D eigenvalue weighted by Gasteiger charge is -2.13. The van der Waals surface area contributed by atoms with E-state index in [0.717, 1.165) is 12.0 Å². The first-order valence-electron chi connectivity index (χ1n) is 7.88. The molecular formula is C19H24O4. The normalized spacial score (nSPS) is 22.1. The predicted molar refractivity (Wildman–Crippen MR) is 88.4 cm³/mol. The van der Waals surface area contributed by atoms with Gasteiger partial charge >= 0.3 is 11.9 Å². The summed E-state index contributed by atoms with van der Waals surface area (Å²) >= 11 is 0. The van der Waals surface area contributed by atoms with Crippen molar-refractivity contribution in [3.05, 3.63) is 42.0 Å². The monoisotopic (exact) mass is 316 g/mol. The van der Waals surface area contributed by atoms with Gasteiger partial charge in [0, 0.05) is 5.92 Å². The highest BCUT2D eigenvalue weighted by atomic mass is 16.5. The second-order valence-corrected chi connectivity index (χ2v) is 6.38. The Balaban J connectivity index is 2.32. The fourth-order valence-corrected chi connectivity index (χ4v) is 3.39. The van der Waals surface area contributed by atoms with Crippen molar-refractivity contribution in [2.45, 2.75) is 20.3 Å². The third-order valence-corrected chi connectivity index (χ3v) is 4.50. The van der Waals surface area contributed by atoms with Crippen molar-refractivity contribution in [2.24, 2.45) is 23.2 Å². The van der Waals surface area contributed by atoms with E-state index in [4.69, 9.17) is 9.47 Å². The molecule has 4 heteroatoms. The number of hydrogen-bond acceptors (Lipinski definition) is 4. The largest absolute Gasteiger partial charge is 0.468 e. The molecule has 0 saturated heterocycles. The number of methoxy groups -OCH3 is 2. The molecule has 1 aliphatic carbocycles. The van der Waals surface area contributed by atoms with Crippen molar-refractivity contribution >= 4 is 18.0 Å². The van der Waals surface area contributed by atoms with E-state index in [2.05, 4.69) is 13.8 Å². The van der Waals surface area contributed by atoms with Gasteiger partial charge in [-0.25, -0.2) is 0 Å². The van der Waals surface area contributed by atoms with Gasteiger partial charge in [-0.15, -0.1) is 0 Å². The number of hydrogen-bond donors (Lipinski definition) is 0. The second-order valence-electron chi connectivity index (χ2n) is 6.38. The number of allylic oxidation sites excluding steroid dienone is 1. The van der Waals surface area contributed by atoms with Crippen LogP contribution in [-0.4, -0.2) is 26.2 Å². The number of rotatable bonds is 6. The van der Waals surface area contributed by atoms with E-state index < -0.39 is 17.4 Å². The Bertz CT molecular complexity index is 573. The molecule has 23 heavy (non-hydrogen) atoms. The van der Waals surface area contributed by atoms with E-state index in [0.29, 0.717) is 5.92 Å². The summed E-state index contributed by atoms with van der Waals surface area (Å²) in [5, 5.41) is 0. The van der Waals surface area contributed by atoms with Crippen LogP contribution in [-0.2, 0) is 19.1 Å². The molecule has 0 bridgehead atoms. The molecule has 124 valence electrons. The zero-order valence-electron chi connectivity index (χ0n) is 14.1. The number of esters is 2. The van der Waals surface area contributed by atoms with Crippen molar-refractivity contribution in [2.75, 3.05) is 14.2 Å². The molecule has 2 unspecified atom stereocenters. The summed E-state index contributed by atoms with van der Waals surface area (Å²) in [6.45, 7) is 4.16. The van der Waals surface area contributed by atoms with Crippen LogP contribution in [0.2, 0.25) is 0 Å². The predicted octanol–water partition coefficient (Wildman–Crippen LogP) is 3.32. The van der Waals surface area contributed by atoms with E-state index in [-0.39, 0.29) is 11.8 Å². The van der Waals surface area contributed by atoms with Gasteiger partial charge in [-0.3, -0.25) is 9.59 Å². The maximum atomic E-state index is 12.4. The Kier molecular flexibility index (Phi) is 5.24. The smallest absolute Gasteiger partial charge is 0.324 e.